The number of hydrogen-bond acceptors (Lipinski definition) is 3. The molecule has 4 heteroatoms. The Morgan fingerprint density at radius 3 is 2.43 bits per heavy atom. The highest BCUT2D eigenvalue weighted by Gasteiger charge is 2.37. The lowest BCUT2D eigenvalue weighted by atomic mass is 9.87. The summed E-state index contributed by atoms with van der Waals surface area (Å²) in [5, 5.41) is 4.73. The SMILES string of the molecule is CC(C)CN(C1CC1)C(CN)c1cn(C)nc1C(C)(C)C. The molecule has 1 aliphatic carbocycles. The van der Waals surface area contributed by atoms with Gasteiger partial charge in [-0.2, -0.15) is 5.10 Å². The minimum absolute atomic E-state index is 0.0526. The molecule has 1 aromatic rings. The molecule has 1 heterocycles. The molecule has 0 radical (unpaired) electrons. The third-order valence-electron chi connectivity index (χ3n) is 4.14. The van der Waals surface area contributed by atoms with Gasteiger partial charge in [0.05, 0.1) is 11.7 Å². The molecule has 21 heavy (non-hydrogen) atoms. The summed E-state index contributed by atoms with van der Waals surface area (Å²) in [6.45, 7) is 13.1. The van der Waals surface area contributed by atoms with Crippen LogP contribution in [0.15, 0.2) is 6.20 Å². The van der Waals surface area contributed by atoms with Gasteiger partial charge in [-0.1, -0.05) is 34.6 Å². The highest BCUT2D eigenvalue weighted by molar-refractivity contribution is 5.28. The predicted octanol–water partition coefficient (Wildman–Crippen LogP) is 2.84. The highest BCUT2D eigenvalue weighted by atomic mass is 15.3. The zero-order chi connectivity index (χ0) is 15.8. The van der Waals surface area contributed by atoms with Crippen LogP contribution in [0.4, 0.5) is 0 Å². The molecule has 1 saturated carbocycles. The monoisotopic (exact) mass is 292 g/mol. The second-order valence-corrected chi connectivity index (χ2v) is 7.93. The molecule has 0 bridgehead atoms. The van der Waals surface area contributed by atoms with Crippen LogP contribution in [0.25, 0.3) is 0 Å². The first kappa shape index (κ1) is 16.5. The Kier molecular flexibility index (Phi) is 4.79. The quantitative estimate of drug-likeness (QED) is 0.877. The number of nitrogens with two attached hydrogens (primary N) is 1. The van der Waals surface area contributed by atoms with Crippen LogP contribution < -0.4 is 5.73 Å². The summed E-state index contributed by atoms with van der Waals surface area (Å²) in [5.41, 5.74) is 8.75. The van der Waals surface area contributed by atoms with Gasteiger partial charge in [-0.25, -0.2) is 0 Å². The lowest BCUT2D eigenvalue weighted by Gasteiger charge is -2.33. The third kappa shape index (κ3) is 3.86. The minimum atomic E-state index is 0.0526. The van der Waals surface area contributed by atoms with Crippen molar-refractivity contribution in [3.05, 3.63) is 17.5 Å². The number of aryl methyl sites for hydroxylation is 1. The van der Waals surface area contributed by atoms with E-state index in [1.54, 1.807) is 0 Å². The van der Waals surface area contributed by atoms with Gasteiger partial charge >= 0.3 is 0 Å². The summed E-state index contributed by atoms with van der Waals surface area (Å²) in [7, 11) is 2.01. The van der Waals surface area contributed by atoms with Crippen molar-refractivity contribution in [2.75, 3.05) is 13.1 Å². The number of nitrogens with zero attached hydrogens (tertiary/aromatic N) is 3. The van der Waals surface area contributed by atoms with Crippen LogP contribution >= 0.6 is 0 Å². The molecular weight excluding hydrogens is 260 g/mol. The maximum absolute atomic E-state index is 6.19. The number of aromatic nitrogens is 2. The van der Waals surface area contributed by atoms with E-state index >= 15 is 0 Å². The molecule has 0 saturated heterocycles. The standard InChI is InChI=1S/C17H32N4/c1-12(2)10-21(13-7-8-13)15(9-18)14-11-20(6)19-16(14)17(3,4)5/h11-13,15H,7-10,18H2,1-6H3. The molecular formula is C17H32N4. The van der Waals surface area contributed by atoms with Gasteiger partial charge < -0.3 is 5.73 Å². The first-order chi connectivity index (χ1) is 9.74. The van der Waals surface area contributed by atoms with Gasteiger partial charge in [0.2, 0.25) is 0 Å². The molecule has 1 aliphatic rings. The first-order valence-corrected chi connectivity index (χ1v) is 8.23. The fraction of sp³-hybridized carbons (Fsp3) is 0.824. The summed E-state index contributed by atoms with van der Waals surface area (Å²) in [5.74, 6) is 0.661. The first-order valence-electron chi connectivity index (χ1n) is 8.23. The zero-order valence-corrected chi connectivity index (χ0v) is 14.6. The third-order valence-corrected chi connectivity index (χ3v) is 4.14. The van der Waals surface area contributed by atoms with E-state index in [9.17, 15) is 0 Å². The fourth-order valence-corrected chi connectivity index (χ4v) is 3.13. The van der Waals surface area contributed by atoms with Gasteiger partial charge in [0, 0.05) is 43.4 Å². The molecule has 0 aliphatic heterocycles. The van der Waals surface area contributed by atoms with E-state index in [1.165, 1.54) is 24.1 Å². The largest absolute Gasteiger partial charge is 0.329 e. The predicted molar refractivity (Wildman–Crippen MR) is 88.3 cm³/mol. The molecule has 120 valence electrons. The average Bonchev–Trinajstić information content (AvgIpc) is 3.11. The van der Waals surface area contributed by atoms with Crippen molar-refractivity contribution in [1.82, 2.24) is 14.7 Å². The summed E-state index contributed by atoms with van der Waals surface area (Å²) in [6, 6.07) is 1.01. The minimum Gasteiger partial charge on any atom is -0.329 e. The summed E-state index contributed by atoms with van der Waals surface area (Å²) in [4.78, 5) is 2.62. The van der Waals surface area contributed by atoms with Gasteiger partial charge in [-0.05, 0) is 18.8 Å². The van der Waals surface area contributed by atoms with Crippen LogP contribution in [0.2, 0.25) is 0 Å². The second-order valence-electron chi connectivity index (χ2n) is 7.93. The average molecular weight is 292 g/mol. The second kappa shape index (κ2) is 6.09. The van der Waals surface area contributed by atoms with Crippen LogP contribution in [0, 0.1) is 5.92 Å². The lowest BCUT2D eigenvalue weighted by Crippen LogP contribution is -2.38. The maximum Gasteiger partial charge on any atom is 0.0726 e. The van der Waals surface area contributed by atoms with Crippen LogP contribution in [0.5, 0.6) is 0 Å². The summed E-state index contributed by atoms with van der Waals surface area (Å²) in [6.07, 6.45) is 4.80. The van der Waals surface area contributed by atoms with Gasteiger partial charge in [-0.3, -0.25) is 9.58 Å². The molecule has 1 atom stereocenters. The van der Waals surface area contributed by atoms with Gasteiger partial charge in [-0.15, -0.1) is 0 Å². The zero-order valence-electron chi connectivity index (χ0n) is 14.6. The van der Waals surface area contributed by atoms with E-state index in [0.717, 1.165) is 6.54 Å². The summed E-state index contributed by atoms with van der Waals surface area (Å²) >= 11 is 0. The molecule has 4 nitrogen and oxygen atoms in total. The Hall–Kier alpha value is -0.870. The van der Waals surface area contributed by atoms with Crippen molar-refractivity contribution >= 4 is 0 Å². The molecule has 0 amide bonds. The lowest BCUT2D eigenvalue weighted by molar-refractivity contribution is 0.168. The molecule has 0 aromatic carbocycles. The van der Waals surface area contributed by atoms with E-state index in [0.29, 0.717) is 24.5 Å². The van der Waals surface area contributed by atoms with Crippen molar-refractivity contribution in [3.8, 4) is 0 Å². The van der Waals surface area contributed by atoms with Crippen molar-refractivity contribution < 1.29 is 0 Å². The molecule has 1 fully saturated rings. The van der Waals surface area contributed by atoms with Gasteiger partial charge in [0.25, 0.3) is 0 Å². The van der Waals surface area contributed by atoms with E-state index in [4.69, 9.17) is 10.8 Å². The van der Waals surface area contributed by atoms with E-state index in [1.807, 2.05) is 11.7 Å². The number of rotatable bonds is 6. The van der Waals surface area contributed by atoms with E-state index < -0.39 is 0 Å². The van der Waals surface area contributed by atoms with Crippen molar-refractivity contribution in [3.63, 3.8) is 0 Å². The molecule has 2 rings (SSSR count). The Labute approximate surface area is 129 Å². The Bertz CT molecular complexity index is 466. The van der Waals surface area contributed by atoms with Crippen molar-refractivity contribution in [2.24, 2.45) is 18.7 Å². The van der Waals surface area contributed by atoms with E-state index in [2.05, 4.69) is 45.7 Å². The Morgan fingerprint density at radius 1 is 1.38 bits per heavy atom. The van der Waals surface area contributed by atoms with Crippen LogP contribution in [0.3, 0.4) is 0 Å². The normalized spacial score (nSPS) is 17.8. The number of hydrogen-bond donors (Lipinski definition) is 1. The van der Waals surface area contributed by atoms with Gasteiger partial charge in [0.1, 0.15) is 0 Å². The molecule has 2 N–H and O–H groups in total. The van der Waals surface area contributed by atoms with Crippen LogP contribution in [0.1, 0.15) is 64.8 Å². The summed E-state index contributed by atoms with van der Waals surface area (Å²) < 4.78 is 1.94. The highest BCUT2D eigenvalue weighted by Crippen LogP contribution is 2.37. The maximum atomic E-state index is 6.19. The topological polar surface area (TPSA) is 47.1 Å². The van der Waals surface area contributed by atoms with E-state index in [-0.39, 0.29) is 5.41 Å². The Morgan fingerprint density at radius 2 is 2.00 bits per heavy atom. The molecule has 1 aromatic heterocycles. The van der Waals surface area contributed by atoms with Crippen LogP contribution in [-0.4, -0.2) is 33.8 Å². The smallest absolute Gasteiger partial charge is 0.0726 e. The fourth-order valence-electron chi connectivity index (χ4n) is 3.13. The van der Waals surface area contributed by atoms with Crippen LogP contribution in [-0.2, 0) is 12.5 Å². The Balaban J connectivity index is 2.35. The van der Waals surface area contributed by atoms with Crippen molar-refractivity contribution in [1.29, 1.82) is 0 Å². The van der Waals surface area contributed by atoms with Crippen molar-refractivity contribution in [2.45, 2.75) is 65.0 Å². The molecule has 0 spiro atoms. The molecule has 1 unspecified atom stereocenters. The van der Waals surface area contributed by atoms with Gasteiger partial charge in [0.15, 0.2) is 0 Å².